The minimum Gasteiger partial charge on any atom is -0.396 e. The van der Waals surface area contributed by atoms with E-state index >= 15 is 0 Å². The van der Waals surface area contributed by atoms with Gasteiger partial charge in [-0.25, -0.2) is 0 Å². The molecule has 0 amide bonds. The number of ketones is 1. The minimum atomic E-state index is 0.203. The van der Waals surface area contributed by atoms with E-state index in [1.807, 2.05) is 0 Å². The van der Waals surface area contributed by atoms with E-state index in [9.17, 15) is 4.79 Å². The Bertz CT molecular complexity index is 175. The van der Waals surface area contributed by atoms with Crippen LogP contribution in [-0.2, 0) is 4.79 Å². The third kappa shape index (κ3) is 2.72. The Morgan fingerprint density at radius 2 is 2.36 bits per heavy atom. The molecule has 0 aromatic rings. The second kappa shape index (κ2) is 4.13. The number of nitrogens with one attached hydrogen (secondary N) is 1. The van der Waals surface area contributed by atoms with Crippen LogP contribution in [0.25, 0.3) is 0 Å². The van der Waals surface area contributed by atoms with Crippen molar-refractivity contribution in [3.63, 3.8) is 0 Å². The highest BCUT2D eigenvalue weighted by molar-refractivity contribution is 5.92. The van der Waals surface area contributed by atoms with Gasteiger partial charge in [-0.2, -0.15) is 0 Å². The summed E-state index contributed by atoms with van der Waals surface area (Å²) in [5, 5.41) is 11.6. The predicted octanol–water partition coefficient (Wildman–Crippen LogP) is 0.205. The van der Waals surface area contributed by atoms with E-state index in [0.717, 1.165) is 25.1 Å². The zero-order chi connectivity index (χ0) is 8.10. The molecule has 0 saturated carbocycles. The van der Waals surface area contributed by atoms with Gasteiger partial charge in [0.15, 0.2) is 5.78 Å². The molecular weight excluding hydrogens is 142 g/mol. The molecule has 0 aromatic carbocycles. The Morgan fingerprint density at radius 3 is 2.91 bits per heavy atom. The lowest BCUT2D eigenvalue weighted by molar-refractivity contribution is -0.114. The molecule has 0 heterocycles. The average Bonchev–Trinajstić information content (AvgIpc) is 2.37. The van der Waals surface area contributed by atoms with Gasteiger partial charge in [-0.15, -0.1) is 0 Å². The van der Waals surface area contributed by atoms with Gasteiger partial charge >= 0.3 is 0 Å². The van der Waals surface area contributed by atoms with Crippen LogP contribution in [-0.4, -0.2) is 24.0 Å². The Morgan fingerprint density at radius 1 is 1.55 bits per heavy atom. The molecule has 0 spiro atoms. The van der Waals surface area contributed by atoms with Gasteiger partial charge in [-0.05, 0) is 12.8 Å². The molecule has 0 unspecified atom stereocenters. The highest BCUT2D eigenvalue weighted by Crippen LogP contribution is 2.11. The van der Waals surface area contributed by atoms with Crippen molar-refractivity contribution in [2.75, 3.05) is 13.2 Å². The van der Waals surface area contributed by atoms with Gasteiger partial charge in [0.05, 0.1) is 0 Å². The summed E-state index contributed by atoms with van der Waals surface area (Å²) in [5.41, 5.74) is 1.02. The van der Waals surface area contributed by atoms with Crippen molar-refractivity contribution in [1.29, 1.82) is 0 Å². The molecule has 62 valence electrons. The van der Waals surface area contributed by atoms with Crippen LogP contribution in [0.3, 0.4) is 0 Å². The van der Waals surface area contributed by atoms with Gasteiger partial charge < -0.3 is 10.4 Å². The number of rotatable bonds is 4. The van der Waals surface area contributed by atoms with Gasteiger partial charge in [-0.1, -0.05) is 0 Å². The summed E-state index contributed by atoms with van der Waals surface area (Å²) in [4.78, 5) is 10.7. The Hall–Kier alpha value is -0.830. The molecule has 3 heteroatoms. The van der Waals surface area contributed by atoms with Crippen molar-refractivity contribution in [2.24, 2.45) is 0 Å². The first-order chi connectivity index (χ1) is 5.33. The van der Waals surface area contributed by atoms with Crippen molar-refractivity contribution < 1.29 is 9.90 Å². The molecule has 0 aliphatic heterocycles. The first-order valence-corrected chi connectivity index (χ1v) is 3.91. The van der Waals surface area contributed by atoms with Crippen molar-refractivity contribution in [2.45, 2.75) is 19.3 Å². The Kier molecular flexibility index (Phi) is 3.11. The lowest BCUT2D eigenvalue weighted by Gasteiger charge is -2.03. The normalized spacial score (nSPS) is 16.8. The molecule has 1 aliphatic carbocycles. The summed E-state index contributed by atoms with van der Waals surface area (Å²) in [7, 11) is 0. The standard InChI is InChI=1S/C8H13NO2/c10-5-1-4-9-7-2-3-8(11)6-7/h6,9-10H,1-5H2. The van der Waals surface area contributed by atoms with Gasteiger partial charge in [0.25, 0.3) is 0 Å². The molecule has 0 fully saturated rings. The fourth-order valence-electron chi connectivity index (χ4n) is 1.06. The molecule has 1 aliphatic rings. The smallest absolute Gasteiger partial charge is 0.157 e. The lowest BCUT2D eigenvalue weighted by atomic mass is 10.3. The maximum atomic E-state index is 10.7. The maximum absolute atomic E-state index is 10.7. The van der Waals surface area contributed by atoms with E-state index in [4.69, 9.17) is 5.11 Å². The second-order valence-corrected chi connectivity index (χ2v) is 2.64. The second-order valence-electron chi connectivity index (χ2n) is 2.64. The Balaban J connectivity index is 2.17. The predicted molar refractivity (Wildman–Crippen MR) is 42.0 cm³/mol. The van der Waals surface area contributed by atoms with Gasteiger partial charge in [0.1, 0.15) is 0 Å². The third-order valence-electron chi connectivity index (χ3n) is 1.66. The van der Waals surface area contributed by atoms with Crippen LogP contribution in [0.4, 0.5) is 0 Å². The van der Waals surface area contributed by atoms with Gasteiger partial charge in [0.2, 0.25) is 0 Å². The van der Waals surface area contributed by atoms with Crippen LogP contribution in [0.1, 0.15) is 19.3 Å². The van der Waals surface area contributed by atoms with E-state index in [2.05, 4.69) is 5.32 Å². The van der Waals surface area contributed by atoms with Crippen LogP contribution in [0.2, 0.25) is 0 Å². The molecule has 0 bridgehead atoms. The number of aliphatic hydroxyl groups excluding tert-OH is 1. The number of carbonyl (C=O) groups excluding carboxylic acids is 1. The fourth-order valence-corrected chi connectivity index (χ4v) is 1.06. The first kappa shape index (κ1) is 8.27. The molecule has 1 rings (SSSR count). The van der Waals surface area contributed by atoms with Gasteiger partial charge in [0, 0.05) is 31.3 Å². The monoisotopic (exact) mass is 155 g/mol. The third-order valence-corrected chi connectivity index (χ3v) is 1.66. The summed E-state index contributed by atoms with van der Waals surface area (Å²) in [6.07, 6.45) is 3.87. The first-order valence-electron chi connectivity index (χ1n) is 3.91. The largest absolute Gasteiger partial charge is 0.396 e. The zero-order valence-corrected chi connectivity index (χ0v) is 6.47. The van der Waals surface area contributed by atoms with Crippen LogP contribution >= 0.6 is 0 Å². The number of allylic oxidation sites excluding steroid dienone is 2. The van der Waals surface area contributed by atoms with E-state index in [1.165, 1.54) is 0 Å². The van der Waals surface area contributed by atoms with E-state index < -0.39 is 0 Å². The maximum Gasteiger partial charge on any atom is 0.157 e. The number of hydrogen-bond acceptors (Lipinski definition) is 3. The number of carbonyl (C=O) groups is 1. The number of hydrogen-bond donors (Lipinski definition) is 2. The van der Waals surface area contributed by atoms with E-state index in [1.54, 1.807) is 6.08 Å². The molecule has 11 heavy (non-hydrogen) atoms. The summed E-state index contributed by atoms with van der Waals surface area (Å²) in [5.74, 6) is 0.205. The zero-order valence-electron chi connectivity index (χ0n) is 6.47. The summed E-state index contributed by atoms with van der Waals surface area (Å²) >= 11 is 0. The van der Waals surface area contributed by atoms with Crippen molar-refractivity contribution in [3.05, 3.63) is 11.8 Å². The molecular formula is C8H13NO2. The van der Waals surface area contributed by atoms with Crippen molar-refractivity contribution >= 4 is 5.78 Å². The van der Waals surface area contributed by atoms with Crippen molar-refractivity contribution in [1.82, 2.24) is 5.32 Å². The molecule has 0 radical (unpaired) electrons. The highest BCUT2D eigenvalue weighted by Gasteiger charge is 2.10. The van der Waals surface area contributed by atoms with Crippen molar-refractivity contribution in [3.8, 4) is 0 Å². The highest BCUT2D eigenvalue weighted by atomic mass is 16.3. The Labute approximate surface area is 66.1 Å². The summed E-state index contributed by atoms with van der Waals surface area (Å²) < 4.78 is 0. The lowest BCUT2D eigenvalue weighted by Crippen LogP contribution is -2.14. The molecule has 0 atom stereocenters. The molecule has 3 nitrogen and oxygen atoms in total. The van der Waals surface area contributed by atoms with Crippen LogP contribution in [0.5, 0.6) is 0 Å². The van der Waals surface area contributed by atoms with Crippen LogP contribution < -0.4 is 5.32 Å². The number of aliphatic hydroxyl groups is 1. The molecule has 0 saturated heterocycles. The fraction of sp³-hybridized carbons (Fsp3) is 0.625. The van der Waals surface area contributed by atoms with E-state index in [-0.39, 0.29) is 12.4 Å². The summed E-state index contributed by atoms with van der Waals surface area (Å²) in [6.45, 7) is 0.962. The minimum absolute atomic E-state index is 0.203. The van der Waals surface area contributed by atoms with Gasteiger partial charge in [-0.3, -0.25) is 4.79 Å². The van der Waals surface area contributed by atoms with E-state index in [0.29, 0.717) is 6.42 Å². The quantitative estimate of drug-likeness (QED) is 0.570. The topological polar surface area (TPSA) is 49.3 Å². The van der Waals surface area contributed by atoms with Crippen LogP contribution in [0.15, 0.2) is 11.8 Å². The molecule has 0 aromatic heterocycles. The summed E-state index contributed by atoms with van der Waals surface area (Å²) in [6, 6.07) is 0. The average molecular weight is 155 g/mol. The molecule has 2 N–H and O–H groups in total. The SMILES string of the molecule is O=C1C=C(NCCCO)CC1. The van der Waals surface area contributed by atoms with Crippen LogP contribution in [0, 0.1) is 0 Å².